The van der Waals surface area contributed by atoms with Gasteiger partial charge in [0.2, 0.25) is 0 Å². The van der Waals surface area contributed by atoms with E-state index in [0.29, 0.717) is 0 Å². The molecule has 0 aromatic heterocycles. The maximum Gasteiger partial charge on any atom is 0.306 e. The minimum Gasteiger partial charge on any atom is -0.457 e. The first-order valence-corrected chi connectivity index (χ1v) is 24.9. The molecule has 0 saturated carbocycles. The molecular weight excluding hydrogens is 947 g/mol. The van der Waals surface area contributed by atoms with Gasteiger partial charge < -0.3 is 47.4 Å². The average Bonchev–Trinajstić information content (AvgIpc) is 3.68. The Labute approximate surface area is 429 Å². The first-order chi connectivity index (χ1) is 36.4. The Morgan fingerprint density at radius 2 is 0.811 bits per heavy atom. The fourth-order valence-corrected chi connectivity index (χ4v) is 9.65. The molecule has 4 aliphatic heterocycles. The van der Waals surface area contributed by atoms with Crippen molar-refractivity contribution in [1.82, 2.24) is 4.90 Å². The number of fused-ring (bicyclic) bond motifs is 3. The van der Waals surface area contributed by atoms with Crippen LogP contribution in [0.25, 0.3) is 0 Å². The second kappa shape index (κ2) is 24.4. The quantitative estimate of drug-likeness (QED) is 0.0603. The molecule has 15 heteroatoms. The molecule has 0 radical (unpaired) electrons. The first-order valence-electron chi connectivity index (χ1n) is 24.9. The van der Waals surface area contributed by atoms with Crippen LogP contribution in [0.3, 0.4) is 0 Å². The van der Waals surface area contributed by atoms with E-state index in [0.717, 1.165) is 32.7 Å². The number of amides is 2. The van der Waals surface area contributed by atoms with Gasteiger partial charge in [0, 0.05) is 0 Å². The number of benzene rings is 6. The van der Waals surface area contributed by atoms with Gasteiger partial charge >= 0.3 is 11.9 Å². The lowest BCUT2D eigenvalue weighted by Crippen LogP contribution is -2.69. The number of imide groups is 1. The third-order valence-corrected chi connectivity index (χ3v) is 13.3. The van der Waals surface area contributed by atoms with Crippen LogP contribution < -0.4 is 0 Å². The summed E-state index contributed by atoms with van der Waals surface area (Å²) in [6.45, 7) is 0.390. The molecule has 382 valence electrons. The van der Waals surface area contributed by atoms with Crippen molar-refractivity contribution in [2.24, 2.45) is 0 Å². The topological polar surface area (TPSA) is 164 Å². The molecule has 4 aliphatic rings. The predicted molar refractivity (Wildman–Crippen MR) is 265 cm³/mol. The first kappa shape index (κ1) is 50.6. The number of carbonyl (C=O) groups excluding carboxylic acids is 4. The summed E-state index contributed by atoms with van der Waals surface area (Å²) >= 11 is 0. The molecule has 0 spiro atoms. The van der Waals surface area contributed by atoms with Gasteiger partial charge in [-0.15, -0.1) is 0 Å². The van der Waals surface area contributed by atoms with Gasteiger partial charge in [0.05, 0.1) is 70.2 Å². The van der Waals surface area contributed by atoms with E-state index in [2.05, 4.69) is 0 Å². The van der Waals surface area contributed by atoms with Crippen LogP contribution >= 0.6 is 0 Å². The third-order valence-electron chi connectivity index (χ3n) is 13.3. The van der Waals surface area contributed by atoms with Gasteiger partial charge in [0.25, 0.3) is 11.8 Å². The summed E-state index contributed by atoms with van der Waals surface area (Å²) in [7, 11) is 0. The fourth-order valence-electron chi connectivity index (χ4n) is 9.65. The summed E-state index contributed by atoms with van der Waals surface area (Å²) in [4.78, 5) is 58.7. The molecule has 10 rings (SSSR count). The smallest absolute Gasteiger partial charge is 0.306 e. The van der Waals surface area contributed by atoms with Crippen LogP contribution in [0.4, 0.5) is 0 Å². The van der Waals surface area contributed by atoms with Crippen LogP contribution in [0.2, 0.25) is 0 Å². The summed E-state index contributed by atoms with van der Waals surface area (Å²) in [6.07, 6.45) is -12.0. The van der Waals surface area contributed by atoms with Crippen molar-refractivity contribution in [3.05, 3.63) is 215 Å². The van der Waals surface area contributed by atoms with E-state index in [1.54, 1.807) is 24.3 Å². The molecule has 0 unspecified atom stereocenters. The number of ether oxygens (including phenoxy) is 10. The Morgan fingerprint density at radius 3 is 1.30 bits per heavy atom. The van der Waals surface area contributed by atoms with E-state index in [-0.39, 0.29) is 57.4 Å². The van der Waals surface area contributed by atoms with Gasteiger partial charge in [-0.2, -0.15) is 0 Å². The van der Waals surface area contributed by atoms with Crippen LogP contribution in [0.15, 0.2) is 176 Å². The molecule has 0 N–H and O–H groups in total. The number of rotatable bonds is 18. The molecule has 15 nitrogen and oxygen atoms in total. The SMILES string of the molecule is O=C1CCC(=O)O[C@H]2[C@H](O[C@H]3O[C@H](COCc4ccccc4)[C@@H](OCc4ccccc4)[C@H](OCc4ccccc4)[C@H]3O1)[C@@H](COCc1ccccc1)O[C@@H](OCc1ccccc1)[C@@H]2N1C(=O)c2ccccc2C1=O. The monoisotopic (exact) mass is 1000 g/mol. The lowest BCUT2D eigenvalue weighted by Gasteiger charge is -2.50. The lowest BCUT2D eigenvalue weighted by atomic mass is 9.93. The minimum atomic E-state index is -1.49. The maximum atomic E-state index is 14.6. The fraction of sp³-hybridized carbons (Fsp3) is 0.322. The van der Waals surface area contributed by atoms with Crippen molar-refractivity contribution in [3.63, 3.8) is 0 Å². The summed E-state index contributed by atoms with van der Waals surface area (Å²) in [5.41, 5.74) is 4.57. The van der Waals surface area contributed by atoms with Crippen LogP contribution in [0, 0.1) is 0 Å². The molecule has 4 heterocycles. The van der Waals surface area contributed by atoms with Crippen molar-refractivity contribution in [2.45, 2.75) is 107 Å². The minimum absolute atomic E-state index is 0.0133. The highest BCUT2D eigenvalue weighted by atomic mass is 16.8. The standard InChI is InChI=1S/C59H57NO14/c61-48-30-31-49(62)73-55-54(68-35-42-24-12-4-13-25-42)51(67-34-41-22-10-3-11-23-41)46(37-65-32-39-18-6-1-7-19-39)71-59(55)74-52-47(38-66-33-40-20-8-2-9-21-40)70-58(69-36-43-26-14-5-15-27-43)50(53(52)72-48)60-56(63)44-28-16-17-29-45(44)57(60)64/h1-29,46-47,50-55,58-59H,30-38H2/t46-,47-,50-,51-,52-,53-,54+,55-,58-,59-/m1/s1. The number of esters is 2. The van der Waals surface area contributed by atoms with Crippen molar-refractivity contribution < 1.29 is 66.5 Å². The van der Waals surface area contributed by atoms with Crippen molar-refractivity contribution in [3.8, 4) is 0 Å². The molecular formula is C59H57NO14. The van der Waals surface area contributed by atoms with Crippen molar-refractivity contribution in [2.75, 3.05) is 13.2 Å². The summed E-state index contributed by atoms with van der Waals surface area (Å²) < 4.78 is 66.8. The molecule has 3 fully saturated rings. The molecule has 0 aliphatic carbocycles. The maximum absolute atomic E-state index is 14.6. The zero-order valence-electron chi connectivity index (χ0n) is 40.5. The predicted octanol–water partition coefficient (Wildman–Crippen LogP) is 7.92. The Hall–Kier alpha value is -6.92. The molecule has 74 heavy (non-hydrogen) atoms. The third kappa shape index (κ3) is 12.2. The molecule has 0 bridgehead atoms. The van der Waals surface area contributed by atoms with Gasteiger partial charge in [-0.1, -0.05) is 164 Å². The van der Waals surface area contributed by atoms with E-state index in [9.17, 15) is 19.2 Å². The van der Waals surface area contributed by atoms with Crippen LogP contribution in [0.1, 0.15) is 61.4 Å². The Balaban J connectivity index is 1.06. The number of hydrogen-bond donors (Lipinski definition) is 0. The van der Waals surface area contributed by atoms with Crippen LogP contribution in [0.5, 0.6) is 0 Å². The van der Waals surface area contributed by atoms with Gasteiger partial charge in [0.15, 0.2) is 24.8 Å². The van der Waals surface area contributed by atoms with Gasteiger partial charge in [-0.05, 0) is 39.9 Å². The largest absolute Gasteiger partial charge is 0.457 e. The summed E-state index contributed by atoms with van der Waals surface area (Å²) in [6, 6.07) is 52.7. The Morgan fingerprint density at radius 1 is 0.405 bits per heavy atom. The van der Waals surface area contributed by atoms with Gasteiger partial charge in [-0.3, -0.25) is 24.1 Å². The zero-order valence-corrected chi connectivity index (χ0v) is 40.5. The average molecular weight is 1000 g/mol. The van der Waals surface area contributed by atoms with Gasteiger partial charge in [-0.25, -0.2) is 0 Å². The second-order valence-corrected chi connectivity index (χ2v) is 18.4. The van der Waals surface area contributed by atoms with Crippen LogP contribution in [-0.4, -0.2) is 103 Å². The van der Waals surface area contributed by atoms with E-state index < -0.39 is 97.9 Å². The highest BCUT2D eigenvalue weighted by Gasteiger charge is 2.59. The van der Waals surface area contributed by atoms with E-state index in [4.69, 9.17) is 47.4 Å². The number of nitrogens with zero attached hydrogens (tertiary/aromatic N) is 1. The molecule has 6 aromatic rings. The number of carbonyl (C=O) groups is 4. The molecule has 3 saturated heterocycles. The van der Waals surface area contributed by atoms with Crippen molar-refractivity contribution in [1.29, 1.82) is 0 Å². The molecule has 2 amide bonds. The highest BCUT2D eigenvalue weighted by molar-refractivity contribution is 6.21. The zero-order chi connectivity index (χ0) is 50.6. The van der Waals surface area contributed by atoms with Crippen LogP contribution in [-0.2, 0) is 90.0 Å². The van der Waals surface area contributed by atoms with E-state index in [1.807, 2.05) is 152 Å². The van der Waals surface area contributed by atoms with Crippen molar-refractivity contribution >= 4 is 23.8 Å². The summed E-state index contributed by atoms with van der Waals surface area (Å²) in [5.74, 6) is -2.88. The van der Waals surface area contributed by atoms with E-state index >= 15 is 0 Å². The lowest BCUT2D eigenvalue weighted by molar-refractivity contribution is -0.360. The Bertz CT molecular complexity index is 2750. The van der Waals surface area contributed by atoms with E-state index in [1.165, 1.54) is 0 Å². The molecule has 6 aromatic carbocycles. The second-order valence-electron chi connectivity index (χ2n) is 18.4. The Kier molecular flexibility index (Phi) is 16.7. The normalized spacial score (nSPS) is 26.0. The van der Waals surface area contributed by atoms with Gasteiger partial charge in [0.1, 0.15) is 36.6 Å². The highest BCUT2D eigenvalue weighted by Crippen LogP contribution is 2.40. The summed E-state index contributed by atoms with van der Waals surface area (Å²) in [5, 5.41) is 0. The molecule has 10 atom stereocenters. The number of hydrogen-bond acceptors (Lipinski definition) is 14.